The molecule has 0 radical (unpaired) electrons. The highest BCUT2D eigenvalue weighted by atomic mass is 32.2. The molecular formula is C19H23NO2S. The fourth-order valence-electron chi connectivity index (χ4n) is 2.14. The minimum atomic E-state index is -0.487. The Kier molecular flexibility index (Phi) is 7.01. The maximum absolute atomic E-state index is 12.0. The molecule has 0 aliphatic carbocycles. The summed E-state index contributed by atoms with van der Waals surface area (Å²) >= 11 is 1.82. The first-order valence-corrected chi connectivity index (χ1v) is 8.93. The lowest BCUT2D eigenvalue weighted by molar-refractivity contribution is -0.127. The smallest absolute Gasteiger partial charge is 0.260 e. The first kappa shape index (κ1) is 17.4. The van der Waals surface area contributed by atoms with Gasteiger partial charge in [-0.05, 0) is 31.5 Å². The third-order valence-electron chi connectivity index (χ3n) is 3.32. The molecule has 0 aromatic heterocycles. The number of amides is 1. The molecule has 2 rings (SSSR count). The minimum absolute atomic E-state index is 0.0787. The Bertz CT molecular complexity index is 616. The van der Waals surface area contributed by atoms with Crippen LogP contribution < -0.4 is 10.1 Å². The fraction of sp³-hybridized carbons (Fsp3) is 0.316. The van der Waals surface area contributed by atoms with E-state index in [0.717, 1.165) is 11.5 Å². The summed E-state index contributed by atoms with van der Waals surface area (Å²) in [6.45, 7) is 4.52. The third kappa shape index (κ3) is 6.37. The molecule has 0 saturated carbocycles. The Balaban J connectivity index is 1.62. The Morgan fingerprint density at radius 1 is 1.17 bits per heavy atom. The largest absolute Gasteiger partial charge is 0.481 e. The number of benzene rings is 2. The van der Waals surface area contributed by atoms with Crippen LogP contribution >= 0.6 is 11.8 Å². The van der Waals surface area contributed by atoms with Crippen LogP contribution in [0.1, 0.15) is 18.1 Å². The van der Waals surface area contributed by atoms with E-state index in [0.29, 0.717) is 12.3 Å². The molecule has 23 heavy (non-hydrogen) atoms. The summed E-state index contributed by atoms with van der Waals surface area (Å²) in [5, 5.41) is 2.92. The molecular weight excluding hydrogens is 306 g/mol. The molecule has 1 amide bonds. The van der Waals surface area contributed by atoms with Crippen LogP contribution in [0.15, 0.2) is 54.6 Å². The first-order valence-electron chi connectivity index (χ1n) is 7.78. The van der Waals surface area contributed by atoms with E-state index in [-0.39, 0.29) is 5.91 Å². The zero-order valence-electron chi connectivity index (χ0n) is 13.6. The van der Waals surface area contributed by atoms with E-state index in [1.165, 1.54) is 11.1 Å². The van der Waals surface area contributed by atoms with Gasteiger partial charge in [0.2, 0.25) is 0 Å². The van der Waals surface area contributed by atoms with Gasteiger partial charge in [-0.3, -0.25) is 4.79 Å². The number of hydrogen-bond donors (Lipinski definition) is 1. The van der Waals surface area contributed by atoms with Crippen LogP contribution in [0, 0.1) is 6.92 Å². The predicted octanol–water partition coefficient (Wildman–Crippen LogP) is 3.81. The van der Waals surface area contributed by atoms with E-state index in [2.05, 4.69) is 36.5 Å². The summed E-state index contributed by atoms with van der Waals surface area (Å²) in [6.07, 6.45) is -0.487. The second-order valence-electron chi connectivity index (χ2n) is 5.41. The maximum atomic E-state index is 12.0. The molecule has 3 nitrogen and oxygen atoms in total. The Hall–Kier alpha value is -1.94. The van der Waals surface area contributed by atoms with E-state index in [4.69, 9.17) is 4.74 Å². The summed E-state index contributed by atoms with van der Waals surface area (Å²) in [7, 11) is 0. The van der Waals surface area contributed by atoms with Crippen LogP contribution in [-0.2, 0) is 10.5 Å². The van der Waals surface area contributed by atoms with Crippen molar-refractivity contribution in [3.63, 3.8) is 0 Å². The molecule has 122 valence electrons. The van der Waals surface area contributed by atoms with E-state index in [1.54, 1.807) is 6.92 Å². The van der Waals surface area contributed by atoms with Crippen LogP contribution in [0.3, 0.4) is 0 Å². The van der Waals surface area contributed by atoms with Gasteiger partial charge in [-0.1, -0.05) is 48.0 Å². The van der Waals surface area contributed by atoms with E-state index >= 15 is 0 Å². The quantitative estimate of drug-likeness (QED) is 0.748. The molecule has 2 aromatic carbocycles. The molecule has 0 spiro atoms. The van der Waals surface area contributed by atoms with Gasteiger partial charge in [-0.25, -0.2) is 0 Å². The van der Waals surface area contributed by atoms with Gasteiger partial charge in [0.05, 0.1) is 0 Å². The summed E-state index contributed by atoms with van der Waals surface area (Å²) in [5.74, 6) is 2.49. The average molecular weight is 329 g/mol. The van der Waals surface area contributed by atoms with Crippen molar-refractivity contribution in [3.8, 4) is 5.75 Å². The lowest BCUT2D eigenvalue weighted by atomic mass is 10.2. The first-order chi connectivity index (χ1) is 11.1. The molecule has 2 aromatic rings. The van der Waals surface area contributed by atoms with Gasteiger partial charge in [0, 0.05) is 18.1 Å². The Morgan fingerprint density at radius 2 is 1.96 bits per heavy atom. The number of thioether (sulfide) groups is 1. The number of carbonyl (C=O) groups excluding carboxylic acids is 1. The van der Waals surface area contributed by atoms with Crippen molar-refractivity contribution >= 4 is 17.7 Å². The molecule has 0 saturated heterocycles. The van der Waals surface area contributed by atoms with Crippen molar-refractivity contribution in [2.75, 3.05) is 12.3 Å². The highest BCUT2D eigenvalue weighted by Gasteiger charge is 2.13. The van der Waals surface area contributed by atoms with Gasteiger partial charge in [0.15, 0.2) is 6.10 Å². The normalized spacial score (nSPS) is 11.7. The standard InChI is InChI=1S/C19H23NO2S/c1-15-7-6-8-17(13-15)14-23-12-11-20-19(21)16(2)22-18-9-4-3-5-10-18/h3-10,13,16H,11-12,14H2,1-2H3,(H,20,21)/t16-/m1/s1. The van der Waals surface area contributed by atoms with Gasteiger partial charge in [-0.15, -0.1) is 0 Å². The zero-order chi connectivity index (χ0) is 16.5. The number of hydrogen-bond acceptors (Lipinski definition) is 3. The molecule has 0 aliphatic rings. The number of para-hydroxylation sites is 1. The zero-order valence-corrected chi connectivity index (χ0v) is 14.4. The van der Waals surface area contributed by atoms with E-state index in [9.17, 15) is 4.79 Å². The average Bonchev–Trinajstić information content (AvgIpc) is 2.55. The molecule has 0 aliphatic heterocycles. The van der Waals surface area contributed by atoms with Crippen LogP contribution in [0.4, 0.5) is 0 Å². The molecule has 0 unspecified atom stereocenters. The van der Waals surface area contributed by atoms with Crippen LogP contribution in [0.2, 0.25) is 0 Å². The SMILES string of the molecule is Cc1cccc(CSCCNC(=O)[C@@H](C)Oc2ccccc2)c1. The van der Waals surface area contributed by atoms with Crippen molar-refractivity contribution in [1.82, 2.24) is 5.32 Å². The van der Waals surface area contributed by atoms with E-state index in [1.807, 2.05) is 42.1 Å². The van der Waals surface area contributed by atoms with E-state index < -0.39 is 6.10 Å². The highest BCUT2D eigenvalue weighted by Crippen LogP contribution is 2.13. The monoisotopic (exact) mass is 329 g/mol. The Morgan fingerprint density at radius 3 is 2.70 bits per heavy atom. The fourth-order valence-corrected chi connectivity index (χ4v) is 2.94. The molecule has 0 bridgehead atoms. The molecule has 4 heteroatoms. The van der Waals surface area contributed by atoms with Crippen molar-refractivity contribution < 1.29 is 9.53 Å². The van der Waals surface area contributed by atoms with Crippen molar-refractivity contribution in [1.29, 1.82) is 0 Å². The second kappa shape index (κ2) is 9.26. The molecule has 1 N–H and O–H groups in total. The predicted molar refractivity (Wildman–Crippen MR) is 96.9 cm³/mol. The van der Waals surface area contributed by atoms with Crippen LogP contribution in [-0.4, -0.2) is 24.3 Å². The summed E-state index contributed by atoms with van der Waals surface area (Å²) in [4.78, 5) is 12.0. The lowest BCUT2D eigenvalue weighted by Crippen LogP contribution is -2.37. The number of nitrogens with one attached hydrogen (secondary N) is 1. The second-order valence-corrected chi connectivity index (χ2v) is 6.51. The van der Waals surface area contributed by atoms with Gasteiger partial charge in [0.25, 0.3) is 5.91 Å². The summed E-state index contributed by atoms with van der Waals surface area (Å²) < 4.78 is 5.60. The van der Waals surface area contributed by atoms with Gasteiger partial charge in [-0.2, -0.15) is 11.8 Å². The van der Waals surface area contributed by atoms with Gasteiger partial charge < -0.3 is 10.1 Å². The minimum Gasteiger partial charge on any atom is -0.481 e. The number of rotatable bonds is 8. The Labute approximate surface area is 142 Å². The van der Waals surface area contributed by atoms with Gasteiger partial charge >= 0.3 is 0 Å². The summed E-state index contributed by atoms with van der Waals surface area (Å²) in [6, 6.07) is 17.9. The molecule has 1 atom stereocenters. The lowest BCUT2D eigenvalue weighted by Gasteiger charge is -2.14. The summed E-state index contributed by atoms with van der Waals surface area (Å²) in [5.41, 5.74) is 2.60. The van der Waals surface area contributed by atoms with Crippen molar-refractivity contribution in [2.24, 2.45) is 0 Å². The molecule has 0 heterocycles. The van der Waals surface area contributed by atoms with Crippen LogP contribution in [0.25, 0.3) is 0 Å². The number of ether oxygens (including phenoxy) is 1. The van der Waals surface area contributed by atoms with Gasteiger partial charge in [0.1, 0.15) is 5.75 Å². The topological polar surface area (TPSA) is 38.3 Å². The highest BCUT2D eigenvalue weighted by molar-refractivity contribution is 7.98. The maximum Gasteiger partial charge on any atom is 0.260 e. The van der Waals surface area contributed by atoms with Crippen LogP contribution in [0.5, 0.6) is 5.75 Å². The number of carbonyl (C=O) groups is 1. The molecule has 0 fully saturated rings. The number of aryl methyl sites for hydroxylation is 1. The van der Waals surface area contributed by atoms with Crippen molar-refractivity contribution in [2.45, 2.75) is 25.7 Å². The van der Waals surface area contributed by atoms with Crippen molar-refractivity contribution in [3.05, 3.63) is 65.7 Å². The third-order valence-corrected chi connectivity index (χ3v) is 4.35.